The van der Waals surface area contributed by atoms with Gasteiger partial charge >= 0.3 is 0 Å². The second-order valence-corrected chi connectivity index (χ2v) is 9.53. The molecule has 3 nitrogen and oxygen atoms in total. The summed E-state index contributed by atoms with van der Waals surface area (Å²) >= 11 is 0. The summed E-state index contributed by atoms with van der Waals surface area (Å²) < 4.78 is 5.77. The molecule has 7 rings (SSSR count). The second-order valence-electron chi connectivity index (χ2n) is 9.53. The van der Waals surface area contributed by atoms with Crippen LogP contribution in [0, 0.1) is 11.8 Å². The Morgan fingerprint density at radius 3 is 2.30 bits per heavy atom. The average Bonchev–Trinajstić information content (AvgIpc) is 3.27. The van der Waals surface area contributed by atoms with Crippen LogP contribution in [0.1, 0.15) is 59.8 Å². The summed E-state index contributed by atoms with van der Waals surface area (Å²) in [5.41, 5.74) is 6.32. The highest BCUT2D eigenvalue weighted by Crippen LogP contribution is 2.55. The molecule has 4 unspecified atom stereocenters. The van der Waals surface area contributed by atoms with Gasteiger partial charge in [-0.2, -0.15) is 0 Å². The molecule has 0 amide bonds. The Hall–Kier alpha value is -1.39. The molecule has 0 aromatic heterocycles. The maximum absolute atomic E-state index is 5.77. The van der Waals surface area contributed by atoms with E-state index >= 15 is 0 Å². The van der Waals surface area contributed by atoms with Crippen molar-refractivity contribution in [1.82, 2.24) is 10.6 Å². The summed E-state index contributed by atoms with van der Waals surface area (Å²) in [6.45, 7) is 3.90. The summed E-state index contributed by atoms with van der Waals surface area (Å²) in [5.74, 6) is 2.54. The fraction of sp³-hybridized carbons (Fsp3) is 0.538. The molecular weight excluding hydrogens is 392 g/mol. The molecule has 2 bridgehead atoms. The van der Waals surface area contributed by atoms with E-state index in [4.69, 9.17) is 4.74 Å². The number of morpholine rings is 1. The van der Waals surface area contributed by atoms with Crippen molar-refractivity contribution in [1.29, 1.82) is 0 Å². The molecule has 1 heterocycles. The van der Waals surface area contributed by atoms with Crippen LogP contribution >= 0.6 is 12.4 Å². The largest absolute Gasteiger partial charge is 0.379 e. The van der Waals surface area contributed by atoms with Crippen molar-refractivity contribution in [2.45, 2.75) is 49.6 Å². The van der Waals surface area contributed by atoms with Gasteiger partial charge in [-0.25, -0.2) is 0 Å². The third kappa shape index (κ3) is 3.40. The summed E-state index contributed by atoms with van der Waals surface area (Å²) in [6.07, 6.45) is 5.29. The lowest BCUT2D eigenvalue weighted by Gasteiger charge is -2.46. The first kappa shape index (κ1) is 20.5. The number of hydrogen-bond donors (Lipinski definition) is 2. The topological polar surface area (TPSA) is 33.3 Å². The highest BCUT2D eigenvalue weighted by molar-refractivity contribution is 5.85. The normalized spacial score (nSPS) is 34.1. The molecule has 4 heteroatoms. The number of fused-ring (bicyclic) bond motifs is 1. The molecule has 0 spiro atoms. The van der Waals surface area contributed by atoms with Gasteiger partial charge in [-0.15, -0.1) is 12.4 Å². The molecule has 4 aliphatic carbocycles. The van der Waals surface area contributed by atoms with Crippen molar-refractivity contribution in [3.63, 3.8) is 0 Å². The van der Waals surface area contributed by atoms with Gasteiger partial charge in [0.25, 0.3) is 0 Å². The smallest absolute Gasteiger partial charge is 0.0623 e. The molecule has 5 aliphatic rings. The van der Waals surface area contributed by atoms with Gasteiger partial charge in [-0.1, -0.05) is 55.0 Å². The van der Waals surface area contributed by atoms with E-state index in [2.05, 4.69) is 59.2 Å². The fourth-order valence-electron chi connectivity index (χ4n) is 6.85. The summed E-state index contributed by atoms with van der Waals surface area (Å²) in [4.78, 5) is 0. The molecule has 0 radical (unpaired) electrons. The highest BCUT2D eigenvalue weighted by Gasteiger charge is 2.43. The standard InChI is InChI=1S/C26H32N2O.ClH/c1-3-8-20-18(6-1)23-14-17(26(20)21-9-4-2-7-19(21)23)15-28-24-11-5-10-22(24)25-16-29-13-12-27-25;/h1-4,6-9,17,22-28H,5,10-16H2;1H. The number of nitrogens with one attached hydrogen (secondary N) is 2. The summed E-state index contributed by atoms with van der Waals surface area (Å²) in [7, 11) is 0. The van der Waals surface area contributed by atoms with Gasteiger partial charge in [0.05, 0.1) is 13.2 Å². The fourth-order valence-corrected chi connectivity index (χ4v) is 6.85. The monoisotopic (exact) mass is 424 g/mol. The van der Waals surface area contributed by atoms with Crippen LogP contribution in [0.2, 0.25) is 0 Å². The van der Waals surface area contributed by atoms with Crippen molar-refractivity contribution >= 4 is 12.4 Å². The van der Waals surface area contributed by atoms with Crippen molar-refractivity contribution < 1.29 is 4.74 Å². The zero-order valence-corrected chi connectivity index (χ0v) is 18.4. The van der Waals surface area contributed by atoms with Crippen LogP contribution in [0.25, 0.3) is 0 Å². The van der Waals surface area contributed by atoms with E-state index in [0.717, 1.165) is 32.2 Å². The molecule has 1 saturated heterocycles. The molecule has 2 aromatic rings. The Kier molecular flexibility index (Phi) is 5.90. The van der Waals surface area contributed by atoms with Crippen LogP contribution in [0.3, 0.4) is 0 Å². The first-order valence-corrected chi connectivity index (χ1v) is 11.6. The minimum Gasteiger partial charge on any atom is -0.379 e. The quantitative estimate of drug-likeness (QED) is 0.760. The van der Waals surface area contributed by atoms with Gasteiger partial charge in [0.15, 0.2) is 0 Å². The Labute approximate surface area is 186 Å². The van der Waals surface area contributed by atoms with E-state index in [1.807, 2.05) is 0 Å². The van der Waals surface area contributed by atoms with E-state index in [1.54, 1.807) is 22.3 Å². The molecule has 2 fully saturated rings. The number of rotatable bonds is 4. The van der Waals surface area contributed by atoms with Crippen molar-refractivity contribution in [2.24, 2.45) is 11.8 Å². The molecule has 2 N–H and O–H groups in total. The van der Waals surface area contributed by atoms with Gasteiger partial charge in [0.1, 0.15) is 0 Å². The van der Waals surface area contributed by atoms with Gasteiger partial charge in [0, 0.05) is 30.5 Å². The predicted molar refractivity (Wildman–Crippen MR) is 124 cm³/mol. The van der Waals surface area contributed by atoms with Crippen LogP contribution in [-0.2, 0) is 4.74 Å². The Morgan fingerprint density at radius 2 is 1.63 bits per heavy atom. The SMILES string of the molecule is Cl.c1ccc2c(c1)C1CC(CNC3CCCC3C3COCCN3)C2c2ccccc21. The Balaban J connectivity index is 0.00000193. The van der Waals surface area contributed by atoms with Crippen LogP contribution in [0.4, 0.5) is 0 Å². The highest BCUT2D eigenvalue weighted by atomic mass is 35.5. The molecule has 1 saturated carbocycles. The van der Waals surface area contributed by atoms with E-state index in [0.29, 0.717) is 29.8 Å². The summed E-state index contributed by atoms with van der Waals surface area (Å²) in [5, 5.41) is 7.77. The van der Waals surface area contributed by atoms with Crippen LogP contribution < -0.4 is 10.6 Å². The molecule has 4 atom stereocenters. The maximum atomic E-state index is 5.77. The number of ether oxygens (including phenoxy) is 1. The lowest BCUT2D eigenvalue weighted by atomic mass is 9.59. The molecule has 30 heavy (non-hydrogen) atoms. The van der Waals surface area contributed by atoms with E-state index in [-0.39, 0.29) is 12.4 Å². The zero-order valence-electron chi connectivity index (χ0n) is 17.6. The predicted octanol–water partition coefficient (Wildman–Crippen LogP) is 4.45. The molecule has 1 aliphatic heterocycles. The van der Waals surface area contributed by atoms with E-state index in [1.165, 1.54) is 25.7 Å². The van der Waals surface area contributed by atoms with E-state index in [9.17, 15) is 0 Å². The van der Waals surface area contributed by atoms with Crippen molar-refractivity contribution in [3.05, 3.63) is 70.8 Å². The van der Waals surface area contributed by atoms with Crippen LogP contribution in [0.5, 0.6) is 0 Å². The molecule has 2 aromatic carbocycles. The van der Waals surface area contributed by atoms with Gasteiger partial charge in [-0.3, -0.25) is 0 Å². The first-order chi connectivity index (χ1) is 14.4. The average molecular weight is 425 g/mol. The van der Waals surface area contributed by atoms with Crippen molar-refractivity contribution in [2.75, 3.05) is 26.3 Å². The first-order valence-electron chi connectivity index (χ1n) is 11.6. The number of benzene rings is 2. The van der Waals surface area contributed by atoms with Crippen LogP contribution in [-0.4, -0.2) is 38.4 Å². The summed E-state index contributed by atoms with van der Waals surface area (Å²) in [6, 6.07) is 19.6. The lowest BCUT2D eigenvalue weighted by molar-refractivity contribution is 0.0521. The minimum atomic E-state index is 0. The van der Waals surface area contributed by atoms with E-state index < -0.39 is 0 Å². The third-order valence-electron chi connectivity index (χ3n) is 8.10. The van der Waals surface area contributed by atoms with Gasteiger partial charge in [-0.05, 0) is 59.9 Å². The second kappa shape index (κ2) is 8.63. The minimum absolute atomic E-state index is 0. The third-order valence-corrected chi connectivity index (χ3v) is 8.10. The van der Waals surface area contributed by atoms with Gasteiger partial charge in [0.2, 0.25) is 0 Å². The molecular formula is C26H33ClN2O. The number of halogens is 1. The van der Waals surface area contributed by atoms with Gasteiger partial charge < -0.3 is 15.4 Å². The number of hydrogen-bond acceptors (Lipinski definition) is 3. The Morgan fingerprint density at radius 1 is 0.933 bits per heavy atom. The Bertz CT molecular complexity index is 833. The zero-order chi connectivity index (χ0) is 19.2. The van der Waals surface area contributed by atoms with Crippen molar-refractivity contribution in [3.8, 4) is 0 Å². The maximum Gasteiger partial charge on any atom is 0.0623 e. The molecule has 160 valence electrons. The van der Waals surface area contributed by atoms with Crippen LogP contribution in [0.15, 0.2) is 48.5 Å². The lowest BCUT2D eigenvalue weighted by Crippen LogP contribution is -2.51.